The summed E-state index contributed by atoms with van der Waals surface area (Å²) < 4.78 is 37.6. The predicted molar refractivity (Wildman–Crippen MR) is 81.1 cm³/mol. The minimum Gasteiger partial charge on any atom is -0.352 e. The van der Waals surface area contributed by atoms with Crippen LogP contribution in [-0.2, 0) is 12.6 Å². The zero-order chi connectivity index (χ0) is 16.9. The molecule has 0 fully saturated rings. The van der Waals surface area contributed by atoms with Gasteiger partial charge in [-0.3, -0.25) is 4.79 Å². The molecule has 0 aliphatic heterocycles. The summed E-state index contributed by atoms with van der Waals surface area (Å²) in [6.07, 6.45) is -2.93. The second-order valence-corrected chi connectivity index (χ2v) is 5.17. The Hall–Kier alpha value is -2.37. The maximum atomic E-state index is 12.5. The Bertz CT molecular complexity index is 669. The van der Waals surface area contributed by atoms with E-state index in [4.69, 9.17) is 0 Å². The molecule has 1 amide bonds. The van der Waals surface area contributed by atoms with Crippen molar-refractivity contribution in [1.82, 2.24) is 10.3 Å². The van der Waals surface area contributed by atoms with Gasteiger partial charge in [0.2, 0.25) is 0 Å². The number of halogens is 3. The van der Waals surface area contributed by atoms with E-state index in [0.29, 0.717) is 6.54 Å². The average molecular weight is 322 g/mol. The van der Waals surface area contributed by atoms with Gasteiger partial charge in [-0.1, -0.05) is 30.3 Å². The summed E-state index contributed by atoms with van der Waals surface area (Å²) in [4.78, 5) is 15.5. The first-order valence-electron chi connectivity index (χ1n) is 7.25. The van der Waals surface area contributed by atoms with Crippen molar-refractivity contribution in [1.29, 1.82) is 0 Å². The van der Waals surface area contributed by atoms with Crippen LogP contribution < -0.4 is 5.32 Å². The lowest BCUT2D eigenvalue weighted by Gasteiger charge is -2.10. The number of rotatable bonds is 5. The maximum absolute atomic E-state index is 12.5. The zero-order valence-corrected chi connectivity index (χ0v) is 12.7. The highest BCUT2D eigenvalue weighted by Gasteiger charge is 2.33. The van der Waals surface area contributed by atoms with Gasteiger partial charge in [0.25, 0.3) is 5.91 Å². The van der Waals surface area contributed by atoms with Crippen LogP contribution in [0.15, 0.2) is 42.5 Å². The summed E-state index contributed by atoms with van der Waals surface area (Å²) in [5.41, 5.74) is 0.419. The van der Waals surface area contributed by atoms with Crippen LogP contribution in [0.4, 0.5) is 13.2 Å². The van der Waals surface area contributed by atoms with E-state index < -0.39 is 17.8 Å². The second kappa shape index (κ2) is 7.26. The summed E-state index contributed by atoms with van der Waals surface area (Å²) in [7, 11) is 0. The van der Waals surface area contributed by atoms with E-state index >= 15 is 0 Å². The molecule has 0 aliphatic carbocycles. The highest BCUT2D eigenvalue weighted by atomic mass is 19.4. The number of alkyl halides is 3. The smallest absolute Gasteiger partial charge is 0.352 e. The van der Waals surface area contributed by atoms with Crippen molar-refractivity contribution in [3.05, 3.63) is 65.0 Å². The molecule has 6 heteroatoms. The molecule has 122 valence electrons. The lowest BCUT2D eigenvalue weighted by atomic mass is 10.1. The normalized spacial score (nSPS) is 11.3. The SMILES string of the molecule is Cc1nc(C(F)(F)F)ccc1C(=O)NCCCc1ccccc1. The third-order valence-corrected chi connectivity index (χ3v) is 3.39. The molecule has 0 saturated carbocycles. The van der Waals surface area contributed by atoms with E-state index in [2.05, 4.69) is 10.3 Å². The fraction of sp³-hybridized carbons (Fsp3) is 0.294. The number of nitrogens with one attached hydrogen (secondary N) is 1. The molecule has 0 spiro atoms. The number of carbonyl (C=O) groups excluding carboxylic acids is 1. The molecule has 1 N–H and O–H groups in total. The molecule has 3 nitrogen and oxygen atoms in total. The Morgan fingerprint density at radius 2 is 1.83 bits per heavy atom. The van der Waals surface area contributed by atoms with Gasteiger partial charge in [0.15, 0.2) is 0 Å². The highest BCUT2D eigenvalue weighted by molar-refractivity contribution is 5.95. The van der Waals surface area contributed by atoms with E-state index in [-0.39, 0.29) is 11.3 Å². The van der Waals surface area contributed by atoms with E-state index in [0.717, 1.165) is 25.0 Å². The number of amides is 1. The van der Waals surface area contributed by atoms with E-state index in [1.165, 1.54) is 12.5 Å². The van der Waals surface area contributed by atoms with Gasteiger partial charge < -0.3 is 5.32 Å². The maximum Gasteiger partial charge on any atom is 0.433 e. The summed E-state index contributed by atoms with van der Waals surface area (Å²) >= 11 is 0. The summed E-state index contributed by atoms with van der Waals surface area (Å²) in [6.45, 7) is 1.85. The van der Waals surface area contributed by atoms with Gasteiger partial charge in [-0.15, -0.1) is 0 Å². The molecule has 1 aromatic heterocycles. The first-order valence-corrected chi connectivity index (χ1v) is 7.25. The fourth-order valence-corrected chi connectivity index (χ4v) is 2.19. The topological polar surface area (TPSA) is 42.0 Å². The molecule has 0 saturated heterocycles. The minimum atomic E-state index is -4.50. The Morgan fingerprint density at radius 3 is 2.43 bits per heavy atom. The van der Waals surface area contributed by atoms with Crippen LogP contribution >= 0.6 is 0 Å². The lowest BCUT2D eigenvalue weighted by molar-refractivity contribution is -0.141. The molecule has 1 heterocycles. The third-order valence-electron chi connectivity index (χ3n) is 3.39. The fourth-order valence-electron chi connectivity index (χ4n) is 2.19. The largest absolute Gasteiger partial charge is 0.433 e. The van der Waals surface area contributed by atoms with Crippen LogP contribution in [0.1, 0.15) is 33.7 Å². The van der Waals surface area contributed by atoms with Crippen LogP contribution in [0.5, 0.6) is 0 Å². The number of carbonyl (C=O) groups is 1. The monoisotopic (exact) mass is 322 g/mol. The standard InChI is InChI=1S/C17H17F3N2O/c1-12-14(9-10-15(22-12)17(18,19)20)16(23)21-11-5-8-13-6-3-2-4-7-13/h2-4,6-7,9-10H,5,8,11H2,1H3,(H,21,23). The van der Waals surface area contributed by atoms with Crippen LogP contribution in [0.25, 0.3) is 0 Å². The zero-order valence-electron chi connectivity index (χ0n) is 12.7. The lowest BCUT2D eigenvalue weighted by Crippen LogP contribution is -2.26. The van der Waals surface area contributed by atoms with Gasteiger partial charge in [-0.2, -0.15) is 13.2 Å². The average Bonchev–Trinajstić information content (AvgIpc) is 2.51. The Balaban J connectivity index is 1.88. The number of hydrogen-bond acceptors (Lipinski definition) is 2. The van der Waals surface area contributed by atoms with Crippen LogP contribution in [-0.4, -0.2) is 17.4 Å². The minimum absolute atomic E-state index is 0.0698. The number of aryl methyl sites for hydroxylation is 2. The summed E-state index contributed by atoms with van der Waals surface area (Å²) in [5, 5.41) is 2.71. The van der Waals surface area contributed by atoms with Crippen molar-refractivity contribution in [2.24, 2.45) is 0 Å². The van der Waals surface area contributed by atoms with Gasteiger partial charge >= 0.3 is 6.18 Å². The van der Waals surface area contributed by atoms with Gasteiger partial charge in [-0.25, -0.2) is 4.98 Å². The van der Waals surface area contributed by atoms with E-state index in [9.17, 15) is 18.0 Å². The molecule has 2 aromatic rings. The molecule has 0 bridgehead atoms. The molecule has 0 unspecified atom stereocenters. The van der Waals surface area contributed by atoms with Gasteiger partial charge in [0, 0.05) is 6.54 Å². The first-order chi connectivity index (χ1) is 10.9. The number of pyridine rings is 1. The first kappa shape index (κ1) is 17.0. The van der Waals surface area contributed by atoms with Crippen LogP contribution in [0, 0.1) is 6.92 Å². The van der Waals surface area contributed by atoms with Crippen molar-refractivity contribution in [3.8, 4) is 0 Å². The highest BCUT2D eigenvalue weighted by Crippen LogP contribution is 2.28. The summed E-state index contributed by atoms with van der Waals surface area (Å²) in [6, 6.07) is 11.8. The Labute approximate surface area is 132 Å². The van der Waals surface area contributed by atoms with Crippen LogP contribution in [0.2, 0.25) is 0 Å². The summed E-state index contributed by atoms with van der Waals surface area (Å²) in [5.74, 6) is -0.406. The number of nitrogens with zero attached hydrogens (tertiary/aromatic N) is 1. The Morgan fingerprint density at radius 1 is 1.13 bits per heavy atom. The van der Waals surface area contributed by atoms with Gasteiger partial charge in [-0.05, 0) is 37.5 Å². The molecule has 23 heavy (non-hydrogen) atoms. The van der Waals surface area contributed by atoms with Crippen molar-refractivity contribution < 1.29 is 18.0 Å². The van der Waals surface area contributed by atoms with Gasteiger partial charge in [0.1, 0.15) is 5.69 Å². The van der Waals surface area contributed by atoms with Crippen molar-refractivity contribution in [3.63, 3.8) is 0 Å². The molecule has 2 rings (SSSR count). The third kappa shape index (κ3) is 4.81. The van der Waals surface area contributed by atoms with E-state index in [1.54, 1.807) is 0 Å². The van der Waals surface area contributed by atoms with Crippen molar-refractivity contribution in [2.45, 2.75) is 25.9 Å². The van der Waals surface area contributed by atoms with Crippen molar-refractivity contribution >= 4 is 5.91 Å². The van der Waals surface area contributed by atoms with E-state index in [1.807, 2.05) is 30.3 Å². The molecular weight excluding hydrogens is 305 g/mol. The van der Waals surface area contributed by atoms with Gasteiger partial charge in [0.05, 0.1) is 11.3 Å². The molecule has 0 radical (unpaired) electrons. The number of hydrogen-bond donors (Lipinski definition) is 1. The van der Waals surface area contributed by atoms with Crippen molar-refractivity contribution in [2.75, 3.05) is 6.54 Å². The number of aromatic nitrogens is 1. The molecular formula is C17H17F3N2O. The predicted octanol–water partition coefficient (Wildman–Crippen LogP) is 3.77. The van der Waals surface area contributed by atoms with Crippen LogP contribution in [0.3, 0.4) is 0 Å². The molecule has 0 aliphatic rings. The Kier molecular flexibility index (Phi) is 5.36. The quantitative estimate of drug-likeness (QED) is 0.852. The second-order valence-electron chi connectivity index (χ2n) is 5.17. The molecule has 0 atom stereocenters. The number of benzene rings is 1. The molecule has 1 aromatic carbocycles.